The molecular formula is C24H32IN5O3. The van der Waals surface area contributed by atoms with Crippen LogP contribution in [-0.2, 0) is 13.1 Å². The van der Waals surface area contributed by atoms with Gasteiger partial charge in [0.25, 0.3) is 0 Å². The number of aliphatic hydroxyl groups is 1. The van der Waals surface area contributed by atoms with Crippen LogP contribution in [0, 0.1) is 0 Å². The second-order valence-electron chi connectivity index (χ2n) is 7.19. The number of guanidine groups is 1. The number of hydrogen-bond donors (Lipinski definition) is 3. The lowest BCUT2D eigenvalue weighted by atomic mass is 10.2. The maximum atomic E-state index is 8.96. The maximum Gasteiger partial charge on any atom is 0.194 e. The number of aromatic amines is 1. The highest BCUT2D eigenvalue weighted by Gasteiger charge is 2.11. The van der Waals surface area contributed by atoms with Gasteiger partial charge in [0.1, 0.15) is 12.4 Å². The van der Waals surface area contributed by atoms with Gasteiger partial charge < -0.3 is 29.8 Å². The van der Waals surface area contributed by atoms with Crippen molar-refractivity contribution in [2.45, 2.75) is 20.0 Å². The molecule has 0 aliphatic heterocycles. The molecule has 0 spiro atoms. The summed E-state index contributed by atoms with van der Waals surface area (Å²) in [6.07, 6.45) is 1.86. The van der Waals surface area contributed by atoms with Gasteiger partial charge in [0.2, 0.25) is 0 Å². The molecule has 33 heavy (non-hydrogen) atoms. The minimum atomic E-state index is -0.0455. The van der Waals surface area contributed by atoms with E-state index in [4.69, 9.17) is 19.6 Å². The summed E-state index contributed by atoms with van der Waals surface area (Å²) in [5.41, 5.74) is 3.09. The number of nitrogens with zero attached hydrogens (tertiary/aromatic N) is 3. The van der Waals surface area contributed by atoms with Crippen LogP contribution in [-0.4, -0.2) is 59.8 Å². The van der Waals surface area contributed by atoms with Crippen molar-refractivity contribution in [2.75, 3.05) is 33.9 Å². The number of rotatable bonds is 10. The summed E-state index contributed by atoms with van der Waals surface area (Å²) in [6, 6.07) is 15.8. The molecule has 3 N–H and O–H groups in total. The first-order chi connectivity index (χ1) is 15.6. The molecule has 0 fully saturated rings. The Balaban J connectivity index is 0.00000385. The summed E-state index contributed by atoms with van der Waals surface area (Å²) >= 11 is 0. The van der Waals surface area contributed by atoms with E-state index in [1.54, 1.807) is 7.11 Å². The van der Waals surface area contributed by atoms with E-state index < -0.39 is 0 Å². The molecular weight excluding hydrogens is 533 g/mol. The molecule has 3 rings (SSSR count). The van der Waals surface area contributed by atoms with Gasteiger partial charge in [0, 0.05) is 13.6 Å². The van der Waals surface area contributed by atoms with Crippen LogP contribution in [0.25, 0.3) is 11.3 Å². The monoisotopic (exact) mass is 565 g/mol. The Labute approximate surface area is 212 Å². The number of nitrogens with one attached hydrogen (secondary N) is 2. The number of methoxy groups -OCH3 is 1. The molecule has 8 nitrogen and oxygen atoms in total. The summed E-state index contributed by atoms with van der Waals surface area (Å²) in [6.45, 7) is 4.05. The average molecular weight is 565 g/mol. The molecule has 178 valence electrons. The maximum absolute atomic E-state index is 8.96. The van der Waals surface area contributed by atoms with Gasteiger partial charge in [-0.25, -0.2) is 9.98 Å². The molecule has 1 aromatic heterocycles. The van der Waals surface area contributed by atoms with Crippen LogP contribution in [0.15, 0.2) is 59.7 Å². The Morgan fingerprint density at radius 1 is 1.18 bits per heavy atom. The first-order valence-corrected chi connectivity index (χ1v) is 10.6. The third-order valence-electron chi connectivity index (χ3n) is 4.78. The molecule has 0 bridgehead atoms. The minimum Gasteiger partial charge on any atom is -0.493 e. The zero-order valence-electron chi connectivity index (χ0n) is 19.2. The number of H-pyrrole nitrogens is 1. The lowest BCUT2D eigenvalue weighted by Crippen LogP contribution is -2.38. The third-order valence-corrected chi connectivity index (χ3v) is 4.78. The predicted octanol–water partition coefficient (Wildman–Crippen LogP) is 3.67. The Hall–Kier alpha value is -2.79. The molecule has 0 aliphatic carbocycles. The zero-order chi connectivity index (χ0) is 22.8. The standard InChI is InChI=1S/C24H31N5O3.HI/c1-4-25-24(27-15-18-10-11-21(32-13-12-30)22(14-18)31-3)29(2)17-23-26-16-20(28-23)19-8-6-5-7-9-19;/h5-11,14,16,30H,4,12-13,15,17H2,1-3H3,(H,25,27)(H,26,28);1H. The fraction of sp³-hybridized carbons (Fsp3) is 0.333. The highest BCUT2D eigenvalue weighted by molar-refractivity contribution is 14.0. The zero-order valence-corrected chi connectivity index (χ0v) is 21.6. The predicted molar refractivity (Wildman–Crippen MR) is 141 cm³/mol. The second-order valence-corrected chi connectivity index (χ2v) is 7.19. The molecule has 0 amide bonds. The van der Waals surface area contributed by atoms with E-state index in [2.05, 4.69) is 27.4 Å². The number of aliphatic hydroxyl groups excluding tert-OH is 1. The van der Waals surface area contributed by atoms with Gasteiger partial charge in [-0.15, -0.1) is 24.0 Å². The fourth-order valence-electron chi connectivity index (χ4n) is 3.23. The van der Waals surface area contributed by atoms with Crippen LogP contribution in [0.5, 0.6) is 11.5 Å². The van der Waals surface area contributed by atoms with Crippen molar-refractivity contribution in [3.8, 4) is 22.8 Å². The smallest absolute Gasteiger partial charge is 0.194 e. The van der Waals surface area contributed by atoms with E-state index in [1.807, 2.05) is 61.5 Å². The van der Waals surface area contributed by atoms with Crippen molar-refractivity contribution in [2.24, 2.45) is 4.99 Å². The molecule has 9 heteroatoms. The quantitative estimate of drug-likeness (QED) is 0.197. The highest BCUT2D eigenvalue weighted by atomic mass is 127. The number of hydrogen-bond acceptors (Lipinski definition) is 5. The van der Waals surface area contributed by atoms with Crippen LogP contribution in [0.2, 0.25) is 0 Å². The van der Waals surface area contributed by atoms with Gasteiger partial charge >= 0.3 is 0 Å². The number of aromatic nitrogens is 2. The van der Waals surface area contributed by atoms with Gasteiger partial charge in [0.05, 0.1) is 38.7 Å². The lowest BCUT2D eigenvalue weighted by Gasteiger charge is -2.21. The number of halogens is 1. The highest BCUT2D eigenvalue weighted by Crippen LogP contribution is 2.28. The van der Waals surface area contributed by atoms with E-state index in [0.717, 1.165) is 35.1 Å². The van der Waals surface area contributed by atoms with Crippen LogP contribution >= 0.6 is 24.0 Å². The summed E-state index contributed by atoms with van der Waals surface area (Å²) in [7, 11) is 3.58. The van der Waals surface area contributed by atoms with Gasteiger partial charge in [-0.3, -0.25) is 0 Å². The topological polar surface area (TPSA) is 95.0 Å². The Bertz CT molecular complexity index is 1010. The van der Waals surface area contributed by atoms with Crippen molar-refractivity contribution in [1.82, 2.24) is 20.2 Å². The SMILES string of the molecule is CCNC(=NCc1ccc(OCCO)c(OC)c1)N(C)Cc1ncc(-c2ccccc2)[nH]1.I. The Kier molecular flexibility index (Phi) is 11.0. The second kappa shape index (κ2) is 13.7. The molecule has 0 aliphatic rings. The molecule has 0 atom stereocenters. The van der Waals surface area contributed by atoms with E-state index in [9.17, 15) is 0 Å². The summed E-state index contributed by atoms with van der Waals surface area (Å²) < 4.78 is 10.9. The average Bonchev–Trinajstić information content (AvgIpc) is 3.29. The molecule has 0 saturated heterocycles. The molecule has 0 radical (unpaired) electrons. The van der Waals surface area contributed by atoms with Crippen LogP contribution in [0.3, 0.4) is 0 Å². The third kappa shape index (κ3) is 7.64. The molecule has 0 unspecified atom stereocenters. The Morgan fingerprint density at radius 2 is 1.97 bits per heavy atom. The summed E-state index contributed by atoms with van der Waals surface area (Å²) in [4.78, 5) is 14.7. The van der Waals surface area contributed by atoms with E-state index in [-0.39, 0.29) is 37.2 Å². The molecule has 2 aromatic carbocycles. The first kappa shape index (κ1) is 26.5. The number of benzene rings is 2. The summed E-state index contributed by atoms with van der Waals surface area (Å²) in [5, 5.41) is 12.3. The Morgan fingerprint density at radius 3 is 2.67 bits per heavy atom. The van der Waals surface area contributed by atoms with E-state index in [0.29, 0.717) is 24.6 Å². The number of ether oxygens (including phenoxy) is 2. The van der Waals surface area contributed by atoms with Crippen molar-refractivity contribution >= 4 is 29.9 Å². The van der Waals surface area contributed by atoms with Crippen molar-refractivity contribution < 1.29 is 14.6 Å². The lowest BCUT2D eigenvalue weighted by molar-refractivity contribution is 0.196. The minimum absolute atomic E-state index is 0. The van der Waals surface area contributed by atoms with Crippen molar-refractivity contribution in [1.29, 1.82) is 0 Å². The number of aliphatic imine (C=N–C) groups is 1. The van der Waals surface area contributed by atoms with Gasteiger partial charge in [-0.05, 0) is 30.2 Å². The largest absolute Gasteiger partial charge is 0.493 e. The fourth-order valence-corrected chi connectivity index (χ4v) is 3.23. The molecule has 1 heterocycles. The first-order valence-electron chi connectivity index (χ1n) is 10.6. The van der Waals surface area contributed by atoms with Crippen LogP contribution in [0.4, 0.5) is 0 Å². The van der Waals surface area contributed by atoms with Crippen LogP contribution in [0.1, 0.15) is 18.3 Å². The van der Waals surface area contributed by atoms with Crippen molar-refractivity contribution in [3.05, 3.63) is 66.1 Å². The van der Waals surface area contributed by atoms with E-state index in [1.165, 1.54) is 0 Å². The molecule has 3 aromatic rings. The summed E-state index contributed by atoms with van der Waals surface area (Å²) in [5.74, 6) is 2.87. The van der Waals surface area contributed by atoms with E-state index >= 15 is 0 Å². The normalized spacial score (nSPS) is 11.0. The number of imidazole rings is 1. The van der Waals surface area contributed by atoms with Gasteiger partial charge in [-0.1, -0.05) is 36.4 Å². The van der Waals surface area contributed by atoms with Gasteiger partial charge in [-0.2, -0.15) is 0 Å². The van der Waals surface area contributed by atoms with Crippen molar-refractivity contribution in [3.63, 3.8) is 0 Å². The van der Waals surface area contributed by atoms with Gasteiger partial charge in [0.15, 0.2) is 17.5 Å². The van der Waals surface area contributed by atoms with Crippen LogP contribution < -0.4 is 14.8 Å². The molecule has 0 saturated carbocycles.